The number of rotatable bonds is 3. The minimum Gasteiger partial charge on any atom is -0.424 e. The predicted octanol–water partition coefficient (Wildman–Crippen LogP) is 3.46. The van der Waals surface area contributed by atoms with Gasteiger partial charge in [0.25, 0.3) is 0 Å². The Morgan fingerprint density at radius 3 is 2.71 bits per heavy atom. The van der Waals surface area contributed by atoms with E-state index in [2.05, 4.69) is 19.9 Å². The summed E-state index contributed by atoms with van der Waals surface area (Å²) < 4.78 is 7.25. The Morgan fingerprint density at radius 2 is 2.00 bits per heavy atom. The largest absolute Gasteiger partial charge is 0.424 e. The van der Waals surface area contributed by atoms with Gasteiger partial charge in [-0.1, -0.05) is 11.6 Å². The summed E-state index contributed by atoms with van der Waals surface area (Å²) in [5.41, 5.74) is 0.864. The number of aryl methyl sites for hydroxylation is 1. The Kier molecular flexibility index (Phi) is 3.72. The third-order valence-electron chi connectivity index (χ3n) is 2.65. The molecule has 0 unspecified atom stereocenters. The molecule has 3 rings (SSSR count). The first-order valence-electron chi connectivity index (χ1n) is 5.96. The molecule has 21 heavy (non-hydrogen) atoms. The number of aromatic nitrogens is 5. The first-order chi connectivity index (χ1) is 10.1. The smallest absolute Gasteiger partial charge is 0.328 e. The van der Waals surface area contributed by atoms with E-state index < -0.39 is 0 Å². The van der Waals surface area contributed by atoms with Crippen LogP contribution in [0.4, 0.5) is 0 Å². The summed E-state index contributed by atoms with van der Waals surface area (Å²) in [5, 5.41) is 0.669. The van der Waals surface area contributed by atoms with E-state index in [9.17, 15) is 0 Å². The molecule has 0 spiro atoms. The molecule has 0 saturated heterocycles. The topological polar surface area (TPSA) is 65.7 Å². The molecule has 6 nitrogen and oxygen atoms in total. The van der Waals surface area contributed by atoms with Gasteiger partial charge in [0.15, 0.2) is 0 Å². The molecule has 0 aliphatic rings. The van der Waals surface area contributed by atoms with Gasteiger partial charge in [0.05, 0.1) is 0 Å². The van der Waals surface area contributed by atoms with Crippen molar-refractivity contribution in [2.45, 2.75) is 6.92 Å². The number of ether oxygens (including phenoxy) is 1. The quantitative estimate of drug-likeness (QED) is 0.739. The van der Waals surface area contributed by atoms with Gasteiger partial charge >= 0.3 is 6.01 Å². The van der Waals surface area contributed by atoms with Gasteiger partial charge in [-0.3, -0.25) is 4.57 Å². The maximum atomic E-state index is 5.91. The first-order valence-corrected chi connectivity index (χ1v) is 6.71. The molecule has 106 valence electrons. The summed E-state index contributed by atoms with van der Waals surface area (Å²) in [4.78, 5) is 16.1. The molecule has 2 aromatic heterocycles. The van der Waals surface area contributed by atoms with Crippen molar-refractivity contribution in [1.82, 2.24) is 24.5 Å². The second kappa shape index (κ2) is 5.67. The normalized spacial score (nSPS) is 10.6. The summed E-state index contributed by atoms with van der Waals surface area (Å²) in [6.07, 6.45) is 4.87. The van der Waals surface area contributed by atoms with Crippen LogP contribution in [0, 0.1) is 6.92 Å². The van der Waals surface area contributed by atoms with Crippen LogP contribution in [-0.4, -0.2) is 24.5 Å². The van der Waals surface area contributed by atoms with Crippen LogP contribution in [0.15, 0.2) is 36.9 Å². The Hall–Kier alpha value is -2.18. The number of halogens is 2. The van der Waals surface area contributed by atoms with Crippen LogP contribution in [0.3, 0.4) is 0 Å². The van der Waals surface area contributed by atoms with Crippen LogP contribution in [0.1, 0.15) is 5.56 Å². The summed E-state index contributed by atoms with van der Waals surface area (Å²) in [6, 6.07) is 5.36. The summed E-state index contributed by atoms with van der Waals surface area (Å²) in [5.74, 6) is 0.923. The third-order valence-corrected chi connectivity index (χ3v) is 3.05. The van der Waals surface area contributed by atoms with Crippen molar-refractivity contribution in [3.05, 3.63) is 52.8 Å². The summed E-state index contributed by atoms with van der Waals surface area (Å²) >= 11 is 11.8. The number of nitrogens with zero attached hydrogens (tertiary/aromatic N) is 5. The minimum atomic E-state index is 0.0373. The van der Waals surface area contributed by atoms with Crippen LogP contribution in [0.25, 0.3) is 5.95 Å². The van der Waals surface area contributed by atoms with Crippen LogP contribution >= 0.6 is 23.2 Å². The highest BCUT2D eigenvalue weighted by molar-refractivity contribution is 6.30. The van der Waals surface area contributed by atoms with Crippen molar-refractivity contribution in [2.24, 2.45) is 0 Å². The lowest BCUT2D eigenvalue weighted by Gasteiger charge is -2.08. The van der Waals surface area contributed by atoms with Crippen LogP contribution in [0.2, 0.25) is 10.3 Å². The van der Waals surface area contributed by atoms with E-state index in [1.807, 2.05) is 6.92 Å². The molecule has 2 heterocycles. The van der Waals surface area contributed by atoms with Gasteiger partial charge in [-0.15, -0.1) is 0 Å². The molecule has 0 bridgehead atoms. The van der Waals surface area contributed by atoms with Gasteiger partial charge in [0.2, 0.25) is 11.2 Å². The molecular weight excluding hydrogens is 313 g/mol. The van der Waals surface area contributed by atoms with E-state index in [1.165, 1.54) is 0 Å². The minimum absolute atomic E-state index is 0.0373. The average Bonchev–Trinajstić information content (AvgIpc) is 2.95. The molecule has 0 atom stereocenters. The molecule has 0 aliphatic heterocycles. The van der Waals surface area contributed by atoms with Crippen LogP contribution < -0.4 is 4.74 Å². The second-order valence-corrected chi connectivity index (χ2v) is 4.94. The van der Waals surface area contributed by atoms with Crippen molar-refractivity contribution in [2.75, 3.05) is 0 Å². The van der Waals surface area contributed by atoms with Crippen molar-refractivity contribution in [3.63, 3.8) is 0 Å². The van der Waals surface area contributed by atoms with Gasteiger partial charge in [-0.25, -0.2) is 4.98 Å². The van der Waals surface area contributed by atoms with Gasteiger partial charge in [-0.2, -0.15) is 15.0 Å². The fourth-order valence-corrected chi connectivity index (χ4v) is 2.06. The van der Waals surface area contributed by atoms with E-state index in [4.69, 9.17) is 27.9 Å². The molecule has 1 aromatic carbocycles. The highest BCUT2D eigenvalue weighted by Gasteiger charge is 2.10. The van der Waals surface area contributed by atoms with E-state index in [1.54, 1.807) is 41.5 Å². The highest BCUT2D eigenvalue weighted by Crippen LogP contribution is 2.26. The SMILES string of the molecule is Cc1cc(Cl)ccc1Oc1nc(Cl)nc(-n2ccnc2)n1. The lowest BCUT2D eigenvalue weighted by molar-refractivity contribution is 0.435. The van der Waals surface area contributed by atoms with Crippen molar-refractivity contribution >= 4 is 23.2 Å². The van der Waals surface area contributed by atoms with Crippen LogP contribution in [-0.2, 0) is 0 Å². The maximum absolute atomic E-state index is 5.91. The fraction of sp³-hybridized carbons (Fsp3) is 0.0769. The third kappa shape index (κ3) is 3.12. The standard InChI is InChI=1S/C13H9Cl2N5O/c1-8-6-9(14)2-3-10(8)21-13-18-11(15)17-12(19-13)20-5-4-16-7-20/h2-7H,1H3. The molecule has 0 aliphatic carbocycles. The molecule has 0 saturated carbocycles. The molecular formula is C13H9Cl2N5O. The van der Waals surface area contributed by atoms with Crippen molar-refractivity contribution < 1.29 is 4.74 Å². The Morgan fingerprint density at radius 1 is 1.14 bits per heavy atom. The van der Waals surface area contributed by atoms with E-state index >= 15 is 0 Å². The van der Waals surface area contributed by atoms with Gasteiger partial charge in [0, 0.05) is 17.4 Å². The van der Waals surface area contributed by atoms with Gasteiger partial charge in [-0.05, 0) is 42.3 Å². The van der Waals surface area contributed by atoms with Crippen molar-refractivity contribution in [3.8, 4) is 17.7 Å². The lowest BCUT2D eigenvalue weighted by Crippen LogP contribution is -2.03. The molecule has 3 aromatic rings. The number of hydrogen-bond donors (Lipinski definition) is 0. The van der Waals surface area contributed by atoms with E-state index in [-0.39, 0.29) is 11.3 Å². The number of imidazole rings is 1. The number of benzene rings is 1. The Bertz CT molecular complexity index is 776. The molecule has 0 fully saturated rings. The zero-order valence-electron chi connectivity index (χ0n) is 10.9. The zero-order valence-corrected chi connectivity index (χ0v) is 12.4. The summed E-state index contributed by atoms with van der Waals surface area (Å²) in [7, 11) is 0. The van der Waals surface area contributed by atoms with E-state index in [0.29, 0.717) is 16.7 Å². The highest BCUT2D eigenvalue weighted by atomic mass is 35.5. The Labute approximate surface area is 130 Å². The maximum Gasteiger partial charge on any atom is 0.328 e. The van der Waals surface area contributed by atoms with Gasteiger partial charge < -0.3 is 4.74 Å². The first kappa shape index (κ1) is 13.8. The second-order valence-electron chi connectivity index (χ2n) is 4.17. The average molecular weight is 322 g/mol. The zero-order chi connectivity index (χ0) is 14.8. The van der Waals surface area contributed by atoms with Crippen LogP contribution in [0.5, 0.6) is 11.8 Å². The van der Waals surface area contributed by atoms with Gasteiger partial charge in [0.1, 0.15) is 12.1 Å². The molecule has 0 N–H and O–H groups in total. The Balaban J connectivity index is 1.95. The molecule has 0 amide bonds. The summed E-state index contributed by atoms with van der Waals surface area (Å²) in [6.45, 7) is 1.88. The lowest BCUT2D eigenvalue weighted by atomic mass is 10.2. The van der Waals surface area contributed by atoms with E-state index in [0.717, 1.165) is 5.56 Å². The monoisotopic (exact) mass is 321 g/mol. The number of hydrogen-bond acceptors (Lipinski definition) is 5. The fourth-order valence-electron chi connectivity index (χ4n) is 1.69. The predicted molar refractivity (Wildman–Crippen MR) is 78.2 cm³/mol. The molecule has 8 heteroatoms. The van der Waals surface area contributed by atoms with Crippen molar-refractivity contribution in [1.29, 1.82) is 0 Å². The molecule has 0 radical (unpaired) electrons.